The Hall–Kier alpha value is -2.74. The maximum absolute atomic E-state index is 14.2. The molecule has 1 atom stereocenters. The Morgan fingerprint density at radius 3 is 2.69 bits per heavy atom. The summed E-state index contributed by atoms with van der Waals surface area (Å²) in [6, 6.07) is 4.39. The minimum absolute atomic E-state index is 0.243. The van der Waals surface area contributed by atoms with Gasteiger partial charge in [-0.3, -0.25) is 0 Å². The highest BCUT2D eigenvalue weighted by Crippen LogP contribution is 2.37. The van der Waals surface area contributed by atoms with Gasteiger partial charge in [0.2, 0.25) is 0 Å². The second-order valence-corrected chi connectivity index (χ2v) is 6.40. The zero-order chi connectivity index (χ0) is 18.3. The van der Waals surface area contributed by atoms with Crippen LogP contribution in [0.1, 0.15) is 24.5 Å². The summed E-state index contributed by atoms with van der Waals surface area (Å²) < 4.78 is 34.9. The van der Waals surface area contributed by atoms with Crippen molar-refractivity contribution in [1.82, 2.24) is 19.9 Å². The molecule has 0 saturated carbocycles. The molecule has 6 nitrogen and oxygen atoms in total. The lowest BCUT2D eigenvalue weighted by Gasteiger charge is -2.22. The maximum atomic E-state index is 14.2. The zero-order valence-electron chi connectivity index (χ0n) is 14.3. The molecule has 2 aromatic heterocycles. The molecule has 1 saturated heterocycles. The van der Waals surface area contributed by atoms with E-state index in [2.05, 4.69) is 15.4 Å². The summed E-state index contributed by atoms with van der Waals surface area (Å²) in [6.45, 7) is 1.81. The fourth-order valence-electron chi connectivity index (χ4n) is 3.62. The molecule has 1 aliphatic rings. The van der Waals surface area contributed by atoms with Crippen molar-refractivity contribution >= 4 is 11.3 Å². The second kappa shape index (κ2) is 6.53. The highest BCUT2D eigenvalue weighted by molar-refractivity contribution is 5.88. The SMILES string of the molecule is COc1c(F)cc(-c2cc([C@H]3CCCNC3)n3ncnc(N)c23)cc1F. The van der Waals surface area contributed by atoms with E-state index in [9.17, 15) is 8.78 Å². The van der Waals surface area contributed by atoms with Crippen LogP contribution < -0.4 is 15.8 Å². The first-order valence-electron chi connectivity index (χ1n) is 8.46. The number of anilines is 1. The number of hydrogen-bond donors (Lipinski definition) is 2. The molecule has 0 spiro atoms. The van der Waals surface area contributed by atoms with Crippen LogP contribution in [0.15, 0.2) is 24.5 Å². The summed E-state index contributed by atoms with van der Waals surface area (Å²) in [6.07, 6.45) is 3.45. The van der Waals surface area contributed by atoms with Crippen LogP contribution in [0, 0.1) is 11.6 Å². The summed E-state index contributed by atoms with van der Waals surface area (Å²) in [5.41, 5.74) is 8.55. The number of aromatic nitrogens is 3. The Morgan fingerprint density at radius 2 is 2.04 bits per heavy atom. The van der Waals surface area contributed by atoms with Crippen LogP contribution in [-0.2, 0) is 0 Å². The number of fused-ring (bicyclic) bond motifs is 1. The number of halogens is 2. The molecular formula is C18H19F2N5O. The lowest BCUT2D eigenvalue weighted by molar-refractivity contribution is 0.360. The van der Waals surface area contributed by atoms with Gasteiger partial charge >= 0.3 is 0 Å². The third-order valence-corrected chi connectivity index (χ3v) is 4.84. The average Bonchev–Trinajstić information content (AvgIpc) is 3.03. The van der Waals surface area contributed by atoms with Crippen LogP contribution >= 0.6 is 0 Å². The molecule has 3 N–H and O–H groups in total. The Morgan fingerprint density at radius 1 is 1.27 bits per heavy atom. The summed E-state index contributed by atoms with van der Waals surface area (Å²) in [5, 5.41) is 7.70. The van der Waals surface area contributed by atoms with Crippen LogP contribution in [0.4, 0.5) is 14.6 Å². The van der Waals surface area contributed by atoms with Gasteiger partial charge in [-0.15, -0.1) is 0 Å². The van der Waals surface area contributed by atoms with Gasteiger partial charge in [0.05, 0.1) is 7.11 Å². The van der Waals surface area contributed by atoms with E-state index in [4.69, 9.17) is 10.5 Å². The molecule has 0 bridgehead atoms. The number of benzene rings is 1. The van der Waals surface area contributed by atoms with Crippen molar-refractivity contribution < 1.29 is 13.5 Å². The minimum Gasteiger partial charge on any atom is -0.491 e. The molecule has 3 aromatic rings. The number of nitrogens with one attached hydrogen (secondary N) is 1. The molecule has 1 aromatic carbocycles. The van der Waals surface area contributed by atoms with E-state index < -0.39 is 17.4 Å². The first kappa shape index (κ1) is 16.7. The topological polar surface area (TPSA) is 77.5 Å². The predicted octanol–water partition coefficient (Wildman–Crippen LogP) is 2.73. The zero-order valence-corrected chi connectivity index (χ0v) is 14.3. The highest BCUT2D eigenvalue weighted by Gasteiger charge is 2.24. The van der Waals surface area contributed by atoms with E-state index in [1.807, 2.05) is 6.07 Å². The van der Waals surface area contributed by atoms with Crippen LogP contribution in [0.25, 0.3) is 16.6 Å². The number of hydrogen-bond acceptors (Lipinski definition) is 5. The van der Waals surface area contributed by atoms with Gasteiger partial charge in [-0.2, -0.15) is 5.10 Å². The highest BCUT2D eigenvalue weighted by atomic mass is 19.1. The lowest BCUT2D eigenvalue weighted by atomic mass is 9.95. The molecule has 26 heavy (non-hydrogen) atoms. The van der Waals surface area contributed by atoms with E-state index in [0.717, 1.165) is 31.6 Å². The molecule has 8 heteroatoms. The van der Waals surface area contributed by atoms with Crippen molar-refractivity contribution in [2.24, 2.45) is 0 Å². The van der Waals surface area contributed by atoms with Gasteiger partial charge in [-0.05, 0) is 43.1 Å². The number of nitrogen functional groups attached to an aromatic ring is 1. The van der Waals surface area contributed by atoms with Gasteiger partial charge in [0.25, 0.3) is 0 Å². The largest absolute Gasteiger partial charge is 0.491 e. The number of ether oxygens (including phenoxy) is 1. The van der Waals surface area contributed by atoms with E-state index in [1.165, 1.54) is 25.6 Å². The standard InChI is InChI=1S/C18H19F2N5O/c1-26-17-13(19)5-11(6-14(17)20)12-7-15(10-3-2-4-22-8-10)25-16(12)18(21)23-9-24-25/h5-7,9-10,22H,2-4,8H2,1H3,(H2,21,23,24)/t10-/m0/s1. The second-order valence-electron chi connectivity index (χ2n) is 6.40. The number of rotatable bonds is 3. The fourth-order valence-corrected chi connectivity index (χ4v) is 3.62. The van der Waals surface area contributed by atoms with E-state index in [1.54, 1.807) is 4.52 Å². The third-order valence-electron chi connectivity index (χ3n) is 4.84. The van der Waals surface area contributed by atoms with Crippen LogP contribution in [0.3, 0.4) is 0 Å². The van der Waals surface area contributed by atoms with Gasteiger partial charge in [-0.25, -0.2) is 18.3 Å². The first-order valence-corrected chi connectivity index (χ1v) is 8.46. The Bertz CT molecular complexity index is 943. The van der Waals surface area contributed by atoms with Gasteiger partial charge < -0.3 is 15.8 Å². The molecule has 3 heterocycles. The summed E-state index contributed by atoms with van der Waals surface area (Å²) in [7, 11) is 1.23. The van der Waals surface area contributed by atoms with Crippen LogP contribution in [0.5, 0.6) is 5.75 Å². The summed E-state index contributed by atoms with van der Waals surface area (Å²) in [5.74, 6) is -1.43. The van der Waals surface area contributed by atoms with E-state index in [0.29, 0.717) is 16.6 Å². The Kier molecular flexibility index (Phi) is 4.20. The Balaban J connectivity index is 1.93. The average molecular weight is 359 g/mol. The van der Waals surface area contributed by atoms with Crippen molar-refractivity contribution in [3.8, 4) is 16.9 Å². The number of nitrogens with zero attached hydrogens (tertiary/aromatic N) is 3. The lowest BCUT2D eigenvalue weighted by Crippen LogP contribution is -2.29. The summed E-state index contributed by atoms with van der Waals surface area (Å²) in [4.78, 5) is 4.05. The minimum atomic E-state index is -0.766. The first-order chi connectivity index (χ1) is 12.6. The molecule has 0 radical (unpaired) electrons. The maximum Gasteiger partial charge on any atom is 0.190 e. The van der Waals surface area contributed by atoms with Crippen molar-refractivity contribution in [3.63, 3.8) is 0 Å². The predicted molar refractivity (Wildman–Crippen MR) is 94.1 cm³/mol. The normalized spacial score (nSPS) is 17.6. The number of nitrogens with two attached hydrogens (primary N) is 1. The van der Waals surface area contributed by atoms with Gasteiger partial charge in [0.15, 0.2) is 23.2 Å². The van der Waals surface area contributed by atoms with Crippen LogP contribution in [0.2, 0.25) is 0 Å². The molecular weight excluding hydrogens is 340 g/mol. The van der Waals surface area contributed by atoms with E-state index in [-0.39, 0.29) is 11.7 Å². The summed E-state index contributed by atoms with van der Waals surface area (Å²) >= 11 is 0. The molecule has 0 amide bonds. The van der Waals surface area contributed by atoms with Crippen molar-refractivity contribution in [1.29, 1.82) is 0 Å². The van der Waals surface area contributed by atoms with Gasteiger partial charge in [0, 0.05) is 23.7 Å². The van der Waals surface area contributed by atoms with Gasteiger partial charge in [-0.1, -0.05) is 0 Å². The van der Waals surface area contributed by atoms with E-state index >= 15 is 0 Å². The number of piperidine rings is 1. The van der Waals surface area contributed by atoms with Crippen molar-refractivity contribution in [3.05, 3.63) is 41.9 Å². The smallest absolute Gasteiger partial charge is 0.190 e. The number of methoxy groups -OCH3 is 1. The molecule has 1 aliphatic heterocycles. The molecule has 4 rings (SSSR count). The molecule has 136 valence electrons. The van der Waals surface area contributed by atoms with Crippen molar-refractivity contribution in [2.75, 3.05) is 25.9 Å². The Labute approximate surface area is 149 Å². The third kappa shape index (κ3) is 2.66. The quantitative estimate of drug-likeness (QED) is 0.752. The van der Waals surface area contributed by atoms with Crippen molar-refractivity contribution in [2.45, 2.75) is 18.8 Å². The molecule has 1 fully saturated rings. The molecule has 0 aliphatic carbocycles. The fraction of sp³-hybridized carbons (Fsp3) is 0.333. The van der Waals surface area contributed by atoms with Crippen LogP contribution in [-0.4, -0.2) is 34.8 Å². The van der Waals surface area contributed by atoms with Gasteiger partial charge in [0.1, 0.15) is 11.8 Å². The monoisotopic (exact) mass is 359 g/mol. The molecule has 0 unspecified atom stereocenters.